The molecule has 0 fully saturated rings. The number of carboxylic acids is 2. The second kappa shape index (κ2) is 4.53. The summed E-state index contributed by atoms with van der Waals surface area (Å²) >= 11 is 0. The first-order valence-electron chi connectivity index (χ1n) is 4.99. The first-order valence-corrected chi connectivity index (χ1v) is 4.99. The van der Waals surface area contributed by atoms with Crippen molar-refractivity contribution in [1.29, 1.82) is 0 Å². The molecule has 4 nitrogen and oxygen atoms in total. The number of hydrogen-bond donors (Lipinski definition) is 2. The summed E-state index contributed by atoms with van der Waals surface area (Å²) in [5.41, 5.74) is -0.752. The van der Waals surface area contributed by atoms with Crippen LogP contribution in [0.25, 0.3) is 0 Å². The molecule has 0 unspecified atom stereocenters. The predicted octanol–water partition coefficient (Wildman–Crippen LogP) is 2.28. The second-order valence-corrected chi connectivity index (χ2v) is 4.45. The molecule has 0 radical (unpaired) electrons. The van der Waals surface area contributed by atoms with E-state index in [1.54, 1.807) is 13.8 Å². The van der Waals surface area contributed by atoms with Crippen LogP contribution in [0.4, 0.5) is 4.39 Å². The van der Waals surface area contributed by atoms with Crippen LogP contribution in [-0.2, 0) is 10.2 Å². The van der Waals surface area contributed by atoms with Crippen molar-refractivity contribution in [2.45, 2.75) is 25.7 Å². The number of halogens is 1. The van der Waals surface area contributed by atoms with Gasteiger partial charge in [-0.05, 0) is 17.7 Å². The molecule has 0 heterocycles. The standard InChI is InChI=1S/C12H13FO4/c1-12(2,6-10(14)15)9-4-3-7(13)5-8(9)11(16)17/h3-5H,6H2,1-2H3,(H,14,15)(H,16,17). The second-order valence-electron chi connectivity index (χ2n) is 4.45. The Morgan fingerprint density at radius 3 is 2.35 bits per heavy atom. The third-order valence-corrected chi connectivity index (χ3v) is 2.53. The molecule has 0 aliphatic carbocycles. The van der Waals surface area contributed by atoms with Crippen LogP contribution in [0.5, 0.6) is 0 Å². The molecule has 2 N–H and O–H groups in total. The van der Waals surface area contributed by atoms with Crippen LogP contribution in [-0.4, -0.2) is 22.2 Å². The third-order valence-electron chi connectivity index (χ3n) is 2.53. The number of aliphatic carboxylic acids is 1. The smallest absolute Gasteiger partial charge is 0.336 e. The average molecular weight is 240 g/mol. The number of hydrogen-bond acceptors (Lipinski definition) is 2. The molecule has 0 spiro atoms. The van der Waals surface area contributed by atoms with Gasteiger partial charge in [0, 0.05) is 5.41 Å². The molecule has 0 saturated carbocycles. The fraction of sp³-hybridized carbons (Fsp3) is 0.333. The van der Waals surface area contributed by atoms with Crippen LogP contribution < -0.4 is 0 Å². The molecule has 0 aromatic heterocycles. The Hall–Kier alpha value is -1.91. The monoisotopic (exact) mass is 240 g/mol. The lowest BCUT2D eigenvalue weighted by Gasteiger charge is -2.24. The average Bonchev–Trinajstić information content (AvgIpc) is 2.14. The molecule has 0 aliphatic heterocycles. The van der Waals surface area contributed by atoms with Gasteiger partial charge in [-0.1, -0.05) is 19.9 Å². The van der Waals surface area contributed by atoms with E-state index in [0.717, 1.165) is 12.1 Å². The molecule has 0 aliphatic rings. The van der Waals surface area contributed by atoms with E-state index in [4.69, 9.17) is 10.2 Å². The zero-order valence-electron chi connectivity index (χ0n) is 9.53. The maximum atomic E-state index is 13.0. The maximum Gasteiger partial charge on any atom is 0.336 e. The highest BCUT2D eigenvalue weighted by Crippen LogP contribution is 2.30. The highest BCUT2D eigenvalue weighted by atomic mass is 19.1. The minimum absolute atomic E-state index is 0.198. The van der Waals surface area contributed by atoms with E-state index in [-0.39, 0.29) is 12.0 Å². The van der Waals surface area contributed by atoms with Crippen molar-refractivity contribution in [2.75, 3.05) is 0 Å². The van der Waals surface area contributed by atoms with Gasteiger partial charge in [0.1, 0.15) is 5.82 Å². The number of carboxylic acid groups (broad SMARTS) is 2. The summed E-state index contributed by atoms with van der Waals surface area (Å²) in [6.07, 6.45) is -0.223. The third kappa shape index (κ3) is 3.03. The van der Waals surface area contributed by atoms with Crippen LogP contribution in [0.2, 0.25) is 0 Å². The van der Waals surface area contributed by atoms with E-state index in [1.165, 1.54) is 6.07 Å². The van der Waals surface area contributed by atoms with Gasteiger partial charge in [0.15, 0.2) is 0 Å². The van der Waals surface area contributed by atoms with Gasteiger partial charge in [-0.25, -0.2) is 9.18 Å². The van der Waals surface area contributed by atoms with E-state index in [9.17, 15) is 14.0 Å². The van der Waals surface area contributed by atoms with Gasteiger partial charge in [0.2, 0.25) is 0 Å². The summed E-state index contributed by atoms with van der Waals surface area (Å²) in [5, 5.41) is 17.7. The van der Waals surface area contributed by atoms with Gasteiger partial charge < -0.3 is 10.2 Å². The Morgan fingerprint density at radius 2 is 1.88 bits per heavy atom. The first-order chi connectivity index (χ1) is 7.74. The van der Waals surface area contributed by atoms with Crippen LogP contribution in [0.3, 0.4) is 0 Å². The molecule has 5 heteroatoms. The highest BCUT2D eigenvalue weighted by molar-refractivity contribution is 5.90. The summed E-state index contributed by atoms with van der Waals surface area (Å²) in [6.45, 7) is 3.22. The van der Waals surface area contributed by atoms with Gasteiger partial charge >= 0.3 is 11.9 Å². The van der Waals surface area contributed by atoms with Gasteiger partial charge in [-0.3, -0.25) is 4.79 Å². The van der Waals surface area contributed by atoms with Crippen molar-refractivity contribution >= 4 is 11.9 Å². The molecule has 0 atom stereocenters. The fourth-order valence-corrected chi connectivity index (χ4v) is 1.76. The Balaban J connectivity index is 3.30. The lowest BCUT2D eigenvalue weighted by Crippen LogP contribution is -2.24. The predicted molar refractivity (Wildman–Crippen MR) is 58.6 cm³/mol. The van der Waals surface area contributed by atoms with Gasteiger partial charge in [0.25, 0.3) is 0 Å². The van der Waals surface area contributed by atoms with E-state index >= 15 is 0 Å². The summed E-state index contributed by atoms with van der Waals surface area (Å²) in [6, 6.07) is 3.36. The Bertz CT molecular complexity index is 466. The Kier molecular flexibility index (Phi) is 3.50. The molecule has 0 saturated heterocycles. The van der Waals surface area contributed by atoms with Crippen LogP contribution in [0.15, 0.2) is 18.2 Å². The fourth-order valence-electron chi connectivity index (χ4n) is 1.76. The quantitative estimate of drug-likeness (QED) is 0.846. The van der Waals surface area contributed by atoms with Crippen LogP contribution in [0.1, 0.15) is 36.2 Å². The van der Waals surface area contributed by atoms with Gasteiger partial charge in [0.05, 0.1) is 12.0 Å². The Labute approximate surface area is 97.7 Å². The number of benzene rings is 1. The molecular weight excluding hydrogens is 227 g/mol. The van der Waals surface area contributed by atoms with E-state index in [1.807, 2.05) is 0 Å². The van der Waals surface area contributed by atoms with Crippen molar-refractivity contribution in [3.05, 3.63) is 35.1 Å². The summed E-state index contributed by atoms with van der Waals surface area (Å²) < 4.78 is 13.0. The molecule has 1 aromatic carbocycles. The zero-order valence-corrected chi connectivity index (χ0v) is 9.53. The van der Waals surface area contributed by atoms with Gasteiger partial charge in [-0.2, -0.15) is 0 Å². The molecule has 1 rings (SSSR count). The Morgan fingerprint density at radius 1 is 1.29 bits per heavy atom. The minimum atomic E-state index is -1.27. The van der Waals surface area contributed by atoms with Gasteiger partial charge in [-0.15, -0.1) is 0 Å². The van der Waals surface area contributed by atoms with Crippen molar-refractivity contribution in [1.82, 2.24) is 0 Å². The molecule has 92 valence electrons. The minimum Gasteiger partial charge on any atom is -0.481 e. The number of rotatable bonds is 4. The maximum absolute atomic E-state index is 13.0. The topological polar surface area (TPSA) is 74.6 Å². The normalized spacial score (nSPS) is 11.2. The van der Waals surface area contributed by atoms with E-state index < -0.39 is 23.2 Å². The van der Waals surface area contributed by atoms with E-state index in [2.05, 4.69) is 0 Å². The summed E-state index contributed by atoms with van der Waals surface area (Å²) in [5.74, 6) is -2.95. The molecule has 0 amide bonds. The van der Waals surface area contributed by atoms with Crippen molar-refractivity contribution in [3.63, 3.8) is 0 Å². The highest BCUT2D eigenvalue weighted by Gasteiger charge is 2.28. The largest absolute Gasteiger partial charge is 0.481 e. The molecule has 1 aromatic rings. The zero-order chi connectivity index (χ0) is 13.2. The number of aromatic carboxylic acids is 1. The SMILES string of the molecule is CC(C)(CC(=O)O)c1ccc(F)cc1C(=O)O. The lowest BCUT2D eigenvalue weighted by molar-refractivity contribution is -0.138. The van der Waals surface area contributed by atoms with Crippen LogP contribution in [0, 0.1) is 5.82 Å². The van der Waals surface area contributed by atoms with E-state index in [0.29, 0.717) is 5.56 Å². The summed E-state index contributed by atoms with van der Waals surface area (Å²) in [4.78, 5) is 21.7. The first kappa shape index (κ1) is 13.2. The molecule has 0 bridgehead atoms. The molecular formula is C12H13FO4. The van der Waals surface area contributed by atoms with Crippen molar-refractivity contribution in [3.8, 4) is 0 Å². The van der Waals surface area contributed by atoms with Crippen molar-refractivity contribution in [2.24, 2.45) is 0 Å². The molecule has 17 heavy (non-hydrogen) atoms. The summed E-state index contributed by atoms with van der Waals surface area (Å²) in [7, 11) is 0. The van der Waals surface area contributed by atoms with Crippen LogP contribution >= 0.6 is 0 Å². The lowest BCUT2D eigenvalue weighted by atomic mass is 9.79. The van der Waals surface area contributed by atoms with Crippen molar-refractivity contribution < 1.29 is 24.2 Å². The number of carbonyl (C=O) groups is 2.